The first kappa shape index (κ1) is 18.0. The van der Waals surface area contributed by atoms with Gasteiger partial charge >= 0.3 is 5.97 Å². The van der Waals surface area contributed by atoms with Crippen molar-refractivity contribution >= 4 is 11.9 Å². The standard InChI is InChI=1S/C16H30N2O3/c1-12(2)7-8-13(3)17-15(19)11-18-9-5-6-14(10-18)16(20)21-4/h12-14H,5-11H2,1-4H3,(H,17,19). The van der Waals surface area contributed by atoms with Crippen molar-refractivity contribution in [2.24, 2.45) is 11.8 Å². The molecule has 1 N–H and O–H groups in total. The second kappa shape index (κ2) is 9.03. The van der Waals surface area contributed by atoms with E-state index < -0.39 is 0 Å². The van der Waals surface area contributed by atoms with Gasteiger partial charge in [0.05, 0.1) is 19.6 Å². The summed E-state index contributed by atoms with van der Waals surface area (Å²) in [5, 5.41) is 3.04. The third kappa shape index (κ3) is 6.93. The van der Waals surface area contributed by atoms with E-state index >= 15 is 0 Å². The highest BCUT2D eigenvalue weighted by Crippen LogP contribution is 2.17. The molecular weight excluding hydrogens is 268 g/mol. The second-order valence-electron chi connectivity index (χ2n) is 6.54. The van der Waals surface area contributed by atoms with Crippen LogP contribution in [0.2, 0.25) is 0 Å². The molecule has 122 valence electrons. The second-order valence-corrected chi connectivity index (χ2v) is 6.54. The Morgan fingerprint density at radius 3 is 2.62 bits per heavy atom. The Morgan fingerprint density at radius 2 is 2.00 bits per heavy atom. The van der Waals surface area contributed by atoms with Gasteiger partial charge in [-0.15, -0.1) is 0 Å². The molecule has 2 atom stereocenters. The number of hydrogen-bond donors (Lipinski definition) is 1. The summed E-state index contributed by atoms with van der Waals surface area (Å²) < 4.78 is 4.80. The van der Waals surface area contributed by atoms with E-state index in [1.807, 2.05) is 6.92 Å². The molecule has 1 aliphatic rings. The summed E-state index contributed by atoms with van der Waals surface area (Å²) >= 11 is 0. The van der Waals surface area contributed by atoms with Crippen LogP contribution in [0, 0.1) is 11.8 Å². The number of likely N-dealkylation sites (tertiary alicyclic amines) is 1. The number of hydrogen-bond acceptors (Lipinski definition) is 4. The predicted molar refractivity (Wildman–Crippen MR) is 82.9 cm³/mol. The molecule has 5 heteroatoms. The van der Waals surface area contributed by atoms with E-state index in [9.17, 15) is 9.59 Å². The van der Waals surface area contributed by atoms with Crippen LogP contribution < -0.4 is 5.32 Å². The molecule has 0 aliphatic carbocycles. The molecule has 1 aliphatic heterocycles. The lowest BCUT2D eigenvalue weighted by Crippen LogP contribution is -2.46. The zero-order chi connectivity index (χ0) is 15.8. The van der Waals surface area contributed by atoms with E-state index in [0.29, 0.717) is 19.0 Å². The molecule has 0 aromatic heterocycles. The Hall–Kier alpha value is -1.10. The number of methoxy groups -OCH3 is 1. The van der Waals surface area contributed by atoms with Crippen molar-refractivity contribution in [3.63, 3.8) is 0 Å². The molecule has 1 amide bonds. The first-order chi connectivity index (χ1) is 9.92. The lowest BCUT2D eigenvalue weighted by atomic mass is 9.98. The molecule has 21 heavy (non-hydrogen) atoms. The first-order valence-electron chi connectivity index (χ1n) is 8.02. The average molecular weight is 298 g/mol. The van der Waals surface area contributed by atoms with Gasteiger partial charge in [-0.1, -0.05) is 13.8 Å². The number of rotatable bonds is 7. The van der Waals surface area contributed by atoms with Crippen molar-refractivity contribution < 1.29 is 14.3 Å². The molecule has 1 saturated heterocycles. The highest BCUT2D eigenvalue weighted by atomic mass is 16.5. The maximum absolute atomic E-state index is 12.0. The smallest absolute Gasteiger partial charge is 0.309 e. The first-order valence-corrected chi connectivity index (χ1v) is 8.02. The fraction of sp³-hybridized carbons (Fsp3) is 0.875. The molecular formula is C16H30N2O3. The third-order valence-electron chi connectivity index (χ3n) is 3.99. The minimum atomic E-state index is -0.162. The van der Waals surface area contributed by atoms with Crippen LogP contribution in [-0.2, 0) is 14.3 Å². The van der Waals surface area contributed by atoms with Gasteiger partial charge in [0.15, 0.2) is 0 Å². The van der Waals surface area contributed by atoms with Crippen LogP contribution in [-0.4, -0.2) is 49.6 Å². The zero-order valence-electron chi connectivity index (χ0n) is 13.9. The monoisotopic (exact) mass is 298 g/mol. The normalized spacial score (nSPS) is 21.1. The van der Waals surface area contributed by atoms with E-state index in [2.05, 4.69) is 24.1 Å². The molecule has 0 aromatic rings. The van der Waals surface area contributed by atoms with Crippen molar-refractivity contribution in [2.45, 2.75) is 52.5 Å². The number of ether oxygens (including phenoxy) is 1. The SMILES string of the molecule is COC(=O)C1CCCN(CC(=O)NC(C)CCC(C)C)C1. The number of nitrogens with one attached hydrogen (secondary N) is 1. The molecule has 5 nitrogen and oxygen atoms in total. The van der Waals surface area contributed by atoms with Crippen LogP contribution in [0.25, 0.3) is 0 Å². The minimum Gasteiger partial charge on any atom is -0.469 e. The molecule has 2 unspecified atom stereocenters. The molecule has 0 bridgehead atoms. The van der Waals surface area contributed by atoms with Crippen LogP contribution in [0.4, 0.5) is 0 Å². The largest absolute Gasteiger partial charge is 0.469 e. The summed E-state index contributed by atoms with van der Waals surface area (Å²) in [5.41, 5.74) is 0. The molecule has 0 radical (unpaired) electrons. The van der Waals surface area contributed by atoms with Crippen LogP contribution in [0.15, 0.2) is 0 Å². The van der Waals surface area contributed by atoms with Crippen LogP contribution in [0.1, 0.15) is 46.5 Å². The number of carbonyl (C=O) groups is 2. The number of amides is 1. The van der Waals surface area contributed by atoms with E-state index in [1.165, 1.54) is 7.11 Å². The summed E-state index contributed by atoms with van der Waals surface area (Å²) in [7, 11) is 1.42. The number of carbonyl (C=O) groups excluding carboxylic acids is 2. The Labute approximate surface area is 128 Å². The van der Waals surface area contributed by atoms with Crippen molar-refractivity contribution in [3.05, 3.63) is 0 Å². The maximum atomic E-state index is 12.0. The average Bonchev–Trinajstić information content (AvgIpc) is 2.44. The molecule has 0 aromatic carbocycles. The van der Waals surface area contributed by atoms with Gasteiger partial charge in [0.1, 0.15) is 0 Å². The van der Waals surface area contributed by atoms with E-state index in [4.69, 9.17) is 4.74 Å². The Bertz CT molecular complexity index is 344. The Kier molecular flexibility index (Phi) is 7.72. The highest BCUT2D eigenvalue weighted by molar-refractivity contribution is 5.78. The van der Waals surface area contributed by atoms with Crippen LogP contribution >= 0.6 is 0 Å². The highest BCUT2D eigenvalue weighted by Gasteiger charge is 2.27. The van der Waals surface area contributed by atoms with Gasteiger partial charge in [-0.2, -0.15) is 0 Å². The van der Waals surface area contributed by atoms with Gasteiger partial charge in [0, 0.05) is 12.6 Å². The number of nitrogens with zero attached hydrogens (tertiary/aromatic N) is 1. The summed E-state index contributed by atoms with van der Waals surface area (Å²) in [5.74, 6) is 0.462. The van der Waals surface area contributed by atoms with Gasteiger partial charge in [-0.05, 0) is 45.1 Å². The van der Waals surface area contributed by atoms with E-state index in [1.54, 1.807) is 0 Å². The Morgan fingerprint density at radius 1 is 1.29 bits per heavy atom. The van der Waals surface area contributed by atoms with Crippen molar-refractivity contribution in [1.29, 1.82) is 0 Å². The van der Waals surface area contributed by atoms with E-state index in [0.717, 1.165) is 32.2 Å². The number of esters is 1. The maximum Gasteiger partial charge on any atom is 0.309 e. The van der Waals surface area contributed by atoms with Gasteiger partial charge < -0.3 is 10.1 Å². The summed E-state index contributed by atoms with van der Waals surface area (Å²) in [4.78, 5) is 25.7. The molecule has 1 fully saturated rings. The lowest BCUT2D eigenvalue weighted by molar-refractivity contribution is -0.147. The van der Waals surface area contributed by atoms with E-state index in [-0.39, 0.29) is 23.8 Å². The van der Waals surface area contributed by atoms with Gasteiger partial charge in [-0.25, -0.2) is 0 Å². The van der Waals surface area contributed by atoms with Crippen LogP contribution in [0.3, 0.4) is 0 Å². The van der Waals surface area contributed by atoms with Crippen molar-refractivity contribution in [3.8, 4) is 0 Å². The zero-order valence-corrected chi connectivity index (χ0v) is 13.9. The third-order valence-corrected chi connectivity index (χ3v) is 3.99. The topological polar surface area (TPSA) is 58.6 Å². The minimum absolute atomic E-state index is 0.0526. The van der Waals surface area contributed by atoms with Gasteiger partial charge in [0.25, 0.3) is 0 Å². The lowest BCUT2D eigenvalue weighted by Gasteiger charge is -2.31. The van der Waals surface area contributed by atoms with Crippen LogP contribution in [0.5, 0.6) is 0 Å². The van der Waals surface area contributed by atoms with Gasteiger partial charge in [0.2, 0.25) is 5.91 Å². The molecule has 1 rings (SSSR count). The quantitative estimate of drug-likeness (QED) is 0.728. The summed E-state index contributed by atoms with van der Waals surface area (Å²) in [6, 6.07) is 0.209. The summed E-state index contributed by atoms with van der Waals surface area (Å²) in [6.07, 6.45) is 3.93. The molecule has 0 spiro atoms. The fourth-order valence-electron chi connectivity index (χ4n) is 2.74. The van der Waals surface area contributed by atoms with Gasteiger partial charge in [-0.3, -0.25) is 14.5 Å². The summed E-state index contributed by atoms with van der Waals surface area (Å²) in [6.45, 7) is 8.31. The van der Waals surface area contributed by atoms with Crippen molar-refractivity contribution in [1.82, 2.24) is 10.2 Å². The Balaban J connectivity index is 2.31. The van der Waals surface area contributed by atoms with Crippen molar-refractivity contribution in [2.75, 3.05) is 26.7 Å². The number of piperidine rings is 1. The predicted octanol–water partition coefficient (Wildman–Crippen LogP) is 1.81. The fourth-order valence-corrected chi connectivity index (χ4v) is 2.74. The molecule has 0 saturated carbocycles. The molecule has 1 heterocycles.